The maximum Gasteiger partial charge on any atom is 0.164 e. The second kappa shape index (κ2) is 12.1. The minimum absolute atomic E-state index is 0.631. The van der Waals surface area contributed by atoms with Crippen LogP contribution in [0.25, 0.3) is 105 Å². The van der Waals surface area contributed by atoms with Gasteiger partial charge in [-0.05, 0) is 46.8 Å². The molecule has 5 nitrogen and oxygen atoms in total. The summed E-state index contributed by atoms with van der Waals surface area (Å²) in [4.78, 5) is 14.8. The summed E-state index contributed by atoms with van der Waals surface area (Å²) < 4.78 is 9.14. The van der Waals surface area contributed by atoms with E-state index in [9.17, 15) is 0 Å². The number of rotatable bonds is 5. The van der Waals surface area contributed by atoms with Crippen LogP contribution in [-0.4, -0.2) is 19.5 Å². The smallest absolute Gasteiger partial charge is 0.164 e. The summed E-state index contributed by atoms with van der Waals surface area (Å²) in [5, 5.41) is 6.85. The highest BCUT2D eigenvalue weighted by Crippen LogP contribution is 2.43. The molecule has 0 aliphatic heterocycles. The molecule has 0 amide bonds. The van der Waals surface area contributed by atoms with E-state index in [1.54, 1.807) is 0 Å². The van der Waals surface area contributed by atoms with Crippen LogP contribution in [0.15, 0.2) is 186 Å². The van der Waals surface area contributed by atoms with E-state index >= 15 is 0 Å². The highest BCUT2D eigenvalue weighted by molar-refractivity contribution is 6.22. The third kappa shape index (κ3) is 4.76. The van der Waals surface area contributed by atoms with Gasteiger partial charge < -0.3 is 8.98 Å². The van der Waals surface area contributed by atoms with Gasteiger partial charge in [0.15, 0.2) is 17.5 Å². The van der Waals surface area contributed by atoms with Crippen molar-refractivity contribution in [2.75, 3.05) is 0 Å². The SMILES string of the molecule is c1ccc(-c2nc(-c3ccccc3)nc(-c3ccc(-c4cc5c(oc6cccc(-n7c8ccccc8c8ccccc87)c65)c5ccccc45)cc3)n2)cc1. The van der Waals surface area contributed by atoms with Gasteiger partial charge in [-0.3, -0.25) is 0 Å². The van der Waals surface area contributed by atoms with Gasteiger partial charge in [0.05, 0.1) is 22.1 Å². The molecule has 54 heavy (non-hydrogen) atoms. The minimum atomic E-state index is 0.631. The number of furan rings is 1. The van der Waals surface area contributed by atoms with Gasteiger partial charge in [-0.15, -0.1) is 0 Å². The number of fused-ring (bicyclic) bond motifs is 8. The monoisotopic (exact) mass is 690 g/mol. The van der Waals surface area contributed by atoms with E-state index in [0.29, 0.717) is 17.5 Å². The summed E-state index contributed by atoms with van der Waals surface area (Å²) >= 11 is 0. The summed E-state index contributed by atoms with van der Waals surface area (Å²) in [5.74, 6) is 1.92. The van der Waals surface area contributed by atoms with Gasteiger partial charge in [-0.1, -0.05) is 152 Å². The molecule has 5 heteroatoms. The quantitative estimate of drug-likeness (QED) is 0.180. The van der Waals surface area contributed by atoms with Gasteiger partial charge in [-0.25, -0.2) is 15.0 Å². The first-order chi connectivity index (χ1) is 26.8. The molecule has 0 bridgehead atoms. The molecule has 3 heterocycles. The fraction of sp³-hybridized carbons (Fsp3) is 0. The van der Waals surface area contributed by atoms with E-state index in [1.165, 1.54) is 21.8 Å². The number of hydrogen-bond donors (Lipinski definition) is 0. The Balaban J connectivity index is 1.10. The maximum absolute atomic E-state index is 6.76. The highest BCUT2D eigenvalue weighted by Gasteiger charge is 2.20. The Morgan fingerprint density at radius 1 is 0.370 bits per heavy atom. The predicted octanol–water partition coefficient (Wildman–Crippen LogP) is 12.7. The number of aromatic nitrogens is 4. The maximum atomic E-state index is 6.76. The van der Waals surface area contributed by atoms with E-state index < -0.39 is 0 Å². The van der Waals surface area contributed by atoms with Crippen molar-refractivity contribution in [3.8, 4) is 51.0 Å². The van der Waals surface area contributed by atoms with Crippen molar-refractivity contribution >= 4 is 54.5 Å². The number of hydrogen-bond acceptors (Lipinski definition) is 4. The summed E-state index contributed by atoms with van der Waals surface area (Å²) in [6.07, 6.45) is 0. The Hall–Kier alpha value is -7.37. The van der Waals surface area contributed by atoms with Crippen molar-refractivity contribution in [2.24, 2.45) is 0 Å². The van der Waals surface area contributed by atoms with Gasteiger partial charge in [0.2, 0.25) is 0 Å². The normalized spacial score (nSPS) is 11.7. The van der Waals surface area contributed by atoms with E-state index in [-0.39, 0.29) is 0 Å². The molecule has 0 radical (unpaired) electrons. The van der Waals surface area contributed by atoms with Gasteiger partial charge in [0.1, 0.15) is 11.2 Å². The number of para-hydroxylation sites is 2. The second-order valence-corrected chi connectivity index (χ2v) is 13.6. The van der Waals surface area contributed by atoms with Crippen LogP contribution in [-0.2, 0) is 0 Å². The van der Waals surface area contributed by atoms with Crippen LogP contribution < -0.4 is 0 Å². The van der Waals surface area contributed by atoms with Crippen LogP contribution in [0, 0.1) is 0 Å². The molecule has 8 aromatic carbocycles. The van der Waals surface area contributed by atoms with Crippen molar-refractivity contribution in [3.63, 3.8) is 0 Å². The summed E-state index contributed by atoms with van der Waals surface area (Å²) in [7, 11) is 0. The lowest BCUT2D eigenvalue weighted by atomic mass is 9.94. The molecule has 0 aliphatic rings. The van der Waals surface area contributed by atoms with E-state index in [1.807, 2.05) is 60.7 Å². The first-order valence-electron chi connectivity index (χ1n) is 18.1. The Morgan fingerprint density at radius 2 is 0.852 bits per heavy atom. The van der Waals surface area contributed by atoms with Gasteiger partial charge in [0, 0.05) is 38.2 Å². The molecule has 0 spiro atoms. The van der Waals surface area contributed by atoms with Crippen LogP contribution in [0.2, 0.25) is 0 Å². The molecule has 0 atom stereocenters. The standard InChI is InChI=1S/C49H30N4O/c1-3-14-32(15-4-1)47-50-48(33-16-5-2-6-17-33)52-49(51-47)34-28-26-31(27-29-34)39-30-40-45-43(24-13-25-44(45)54-46(40)38-21-8-7-18-35(38)39)53-41-22-11-9-19-36(41)37-20-10-12-23-42(37)53/h1-30H. The van der Waals surface area contributed by atoms with Crippen molar-refractivity contribution in [3.05, 3.63) is 182 Å². The average Bonchev–Trinajstić information content (AvgIpc) is 3.80. The van der Waals surface area contributed by atoms with E-state index in [2.05, 4.69) is 126 Å². The van der Waals surface area contributed by atoms with Crippen LogP contribution in [0.4, 0.5) is 0 Å². The van der Waals surface area contributed by atoms with E-state index in [0.717, 1.165) is 66.2 Å². The van der Waals surface area contributed by atoms with Crippen molar-refractivity contribution in [1.29, 1.82) is 0 Å². The lowest BCUT2D eigenvalue weighted by molar-refractivity contribution is 0.672. The summed E-state index contributed by atoms with van der Waals surface area (Å²) in [5.41, 5.74) is 10.2. The molecule has 0 aliphatic carbocycles. The summed E-state index contributed by atoms with van der Waals surface area (Å²) in [6, 6.07) is 63.2. The van der Waals surface area contributed by atoms with Crippen LogP contribution >= 0.6 is 0 Å². The first kappa shape index (κ1) is 30.3. The fourth-order valence-electron chi connectivity index (χ4n) is 7.97. The first-order valence-corrected chi connectivity index (χ1v) is 18.1. The molecular formula is C49H30N4O. The third-order valence-corrected chi connectivity index (χ3v) is 10.5. The minimum Gasteiger partial charge on any atom is -0.455 e. The molecule has 252 valence electrons. The molecule has 11 aromatic rings. The van der Waals surface area contributed by atoms with E-state index in [4.69, 9.17) is 19.4 Å². The van der Waals surface area contributed by atoms with Crippen LogP contribution in [0.5, 0.6) is 0 Å². The fourth-order valence-corrected chi connectivity index (χ4v) is 7.97. The molecular weight excluding hydrogens is 661 g/mol. The largest absolute Gasteiger partial charge is 0.455 e. The van der Waals surface area contributed by atoms with Gasteiger partial charge in [0.25, 0.3) is 0 Å². The summed E-state index contributed by atoms with van der Waals surface area (Å²) in [6.45, 7) is 0. The van der Waals surface area contributed by atoms with Gasteiger partial charge in [-0.2, -0.15) is 0 Å². The second-order valence-electron chi connectivity index (χ2n) is 13.6. The molecule has 11 rings (SSSR count). The average molecular weight is 691 g/mol. The number of nitrogens with zero attached hydrogens (tertiary/aromatic N) is 4. The highest BCUT2D eigenvalue weighted by atomic mass is 16.3. The Bertz CT molecular complexity index is 3090. The van der Waals surface area contributed by atoms with Crippen LogP contribution in [0.3, 0.4) is 0 Å². The van der Waals surface area contributed by atoms with Crippen molar-refractivity contribution in [2.45, 2.75) is 0 Å². The molecule has 0 fully saturated rings. The Kier molecular flexibility index (Phi) is 6.79. The zero-order valence-electron chi connectivity index (χ0n) is 29.0. The van der Waals surface area contributed by atoms with Gasteiger partial charge >= 0.3 is 0 Å². The molecule has 0 saturated heterocycles. The number of benzene rings is 8. The lowest BCUT2D eigenvalue weighted by Gasteiger charge is -2.12. The Labute approximate surface area is 310 Å². The zero-order valence-corrected chi connectivity index (χ0v) is 29.0. The molecule has 0 unspecified atom stereocenters. The molecule has 0 saturated carbocycles. The molecule has 3 aromatic heterocycles. The third-order valence-electron chi connectivity index (χ3n) is 10.5. The van der Waals surface area contributed by atoms with Crippen LogP contribution in [0.1, 0.15) is 0 Å². The Morgan fingerprint density at radius 3 is 1.44 bits per heavy atom. The van der Waals surface area contributed by atoms with Crippen molar-refractivity contribution < 1.29 is 4.42 Å². The van der Waals surface area contributed by atoms with Crippen molar-refractivity contribution in [1.82, 2.24) is 19.5 Å². The molecule has 0 N–H and O–H groups in total. The lowest BCUT2D eigenvalue weighted by Crippen LogP contribution is -2.00. The predicted molar refractivity (Wildman–Crippen MR) is 221 cm³/mol. The topological polar surface area (TPSA) is 56.7 Å². The zero-order chi connectivity index (χ0) is 35.6.